The summed E-state index contributed by atoms with van der Waals surface area (Å²) in [7, 11) is 0. The Morgan fingerprint density at radius 1 is 1.33 bits per heavy atom. The van der Waals surface area contributed by atoms with Crippen LogP contribution in [-0.4, -0.2) is 11.4 Å². The number of rotatable bonds is 3. The molecular weight excluding hydrogens is 255 g/mol. The van der Waals surface area contributed by atoms with Gasteiger partial charge in [-0.2, -0.15) is 0 Å². The van der Waals surface area contributed by atoms with Gasteiger partial charge in [0, 0.05) is 5.54 Å². The maximum absolute atomic E-state index is 12.9. The second-order valence-corrected chi connectivity index (χ2v) is 5.83. The van der Waals surface area contributed by atoms with Crippen molar-refractivity contribution < 1.29 is 9.18 Å². The predicted octanol–water partition coefficient (Wildman–Crippen LogP) is 3.18. The van der Waals surface area contributed by atoms with Crippen molar-refractivity contribution in [1.29, 1.82) is 0 Å². The van der Waals surface area contributed by atoms with Gasteiger partial charge in [-0.05, 0) is 45.9 Å². The Hall–Kier alpha value is -1.13. The lowest BCUT2D eigenvalue weighted by atomic mass is 9.74. The van der Waals surface area contributed by atoms with Gasteiger partial charge >= 0.3 is 0 Å². The minimum absolute atomic E-state index is 0.161. The monoisotopic (exact) mass is 272 g/mol. The molecule has 1 rings (SSSR count). The summed E-state index contributed by atoms with van der Waals surface area (Å²) in [6, 6.07) is 3.81. The number of nitrogens with two attached hydrogens (primary N) is 1. The van der Waals surface area contributed by atoms with Crippen molar-refractivity contribution in [3.05, 3.63) is 29.0 Å². The summed E-state index contributed by atoms with van der Waals surface area (Å²) in [4.78, 5) is 12.2. The molecule has 0 atom stereocenters. The molecule has 18 heavy (non-hydrogen) atoms. The van der Waals surface area contributed by atoms with Gasteiger partial charge in [0.15, 0.2) is 0 Å². The third kappa shape index (κ3) is 3.00. The molecule has 0 heterocycles. The Balaban J connectivity index is 2.95. The van der Waals surface area contributed by atoms with Crippen molar-refractivity contribution in [3.8, 4) is 0 Å². The van der Waals surface area contributed by atoms with Crippen LogP contribution in [0.25, 0.3) is 0 Å². The van der Waals surface area contributed by atoms with E-state index in [1.54, 1.807) is 27.7 Å². The van der Waals surface area contributed by atoms with E-state index in [0.717, 1.165) is 6.07 Å². The molecule has 0 aliphatic carbocycles. The van der Waals surface area contributed by atoms with E-state index in [0.29, 0.717) is 5.69 Å². The van der Waals surface area contributed by atoms with E-state index >= 15 is 0 Å². The molecule has 0 saturated heterocycles. The fourth-order valence-electron chi connectivity index (χ4n) is 1.16. The Labute approximate surface area is 112 Å². The summed E-state index contributed by atoms with van der Waals surface area (Å²) in [5.41, 5.74) is 4.87. The third-order valence-electron chi connectivity index (χ3n) is 3.36. The molecule has 1 aromatic carbocycles. The topological polar surface area (TPSA) is 55.1 Å². The van der Waals surface area contributed by atoms with Crippen molar-refractivity contribution >= 4 is 23.2 Å². The molecule has 0 saturated carbocycles. The van der Waals surface area contributed by atoms with Crippen LogP contribution in [0.3, 0.4) is 0 Å². The normalized spacial score (nSPS) is 12.4. The standard InChI is InChI=1S/C13H18ClFN2O/c1-12(2,13(3,4)16)11(18)17-10-6-5-8(15)7-9(10)14/h5-7H,16H2,1-4H3,(H,17,18). The fraction of sp³-hybridized carbons (Fsp3) is 0.462. The zero-order valence-electron chi connectivity index (χ0n) is 11.0. The summed E-state index contributed by atoms with van der Waals surface area (Å²) in [5, 5.41) is 2.83. The Morgan fingerprint density at radius 3 is 2.33 bits per heavy atom. The molecule has 1 aromatic rings. The first kappa shape index (κ1) is 14.9. The molecular formula is C13H18ClFN2O. The van der Waals surface area contributed by atoms with Crippen LogP contribution in [0.2, 0.25) is 5.02 Å². The zero-order valence-corrected chi connectivity index (χ0v) is 11.7. The average molecular weight is 273 g/mol. The largest absolute Gasteiger partial charge is 0.325 e. The number of benzene rings is 1. The molecule has 0 aliphatic rings. The number of hydrogen-bond donors (Lipinski definition) is 2. The summed E-state index contributed by atoms with van der Waals surface area (Å²) < 4.78 is 12.9. The second-order valence-electron chi connectivity index (χ2n) is 5.42. The van der Waals surface area contributed by atoms with E-state index in [2.05, 4.69) is 5.32 Å². The van der Waals surface area contributed by atoms with Crippen molar-refractivity contribution in [3.63, 3.8) is 0 Å². The first-order valence-electron chi connectivity index (χ1n) is 5.61. The molecule has 0 spiro atoms. The average Bonchev–Trinajstić information content (AvgIpc) is 2.20. The van der Waals surface area contributed by atoms with E-state index in [4.69, 9.17) is 17.3 Å². The Bertz CT molecular complexity index is 467. The van der Waals surface area contributed by atoms with Gasteiger partial charge < -0.3 is 11.1 Å². The number of hydrogen-bond acceptors (Lipinski definition) is 2. The molecule has 3 nitrogen and oxygen atoms in total. The number of halogens is 2. The van der Waals surface area contributed by atoms with Crippen LogP contribution in [0.1, 0.15) is 27.7 Å². The molecule has 0 fully saturated rings. The first-order chi connectivity index (χ1) is 8.05. The van der Waals surface area contributed by atoms with Gasteiger partial charge in [-0.3, -0.25) is 4.79 Å². The van der Waals surface area contributed by atoms with Gasteiger partial charge in [0.05, 0.1) is 16.1 Å². The van der Waals surface area contributed by atoms with E-state index in [1.807, 2.05) is 0 Å². The Kier molecular flexibility index (Phi) is 4.03. The van der Waals surface area contributed by atoms with E-state index < -0.39 is 16.8 Å². The Morgan fingerprint density at radius 2 is 1.89 bits per heavy atom. The van der Waals surface area contributed by atoms with Crippen LogP contribution >= 0.6 is 11.6 Å². The van der Waals surface area contributed by atoms with Crippen LogP contribution in [0.5, 0.6) is 0 Å². The van der Waals surface area contributed by atoms with Gasteiger partial charge in [-0.15, -0.1) is 0 Å². The molecule has 0 unspecified atom stereocenters. The highest BCUT2D eigenvalue weighted by Crippen LogP contribution is 2.31. The SMILES string of the molecule is CC(C)(N)C(C)(C)C(=O)Nc1ccc(F)cc1Cl. The van der Waals surface area contributed by atoms with Gasteiger partial charge in [-0.1, -0.05) is 11.6 Å². The molecule has 0 bridgehead atoms. The van der Waals surface area contributed by atoms with E-state index in [1.165, 1.54) is 12.1 Å². The number of amides is 1. The number of anilines is 1. The van der Waals surface area contributed by atoms with Crippen LogP contribution in [0.4, 0.5) is 10.1 Å². The van der Waals surface area contributed by atoms with Crippen LogP contribution < -0.4 is 11.1 Å². The minimum atomic E-state index is -0.787. The first-order valence-corrected chi connectivity index (χ1v) is 5.99. The number of carbonyl (C=O) groups excluding carboxylic acids is 1. The predicted molar refractivity (Wildman–Crippen MR) is 72.1 cm³/mol. The molecule has 3 N–H and O–H groups in total. The van der Waals surface area contributed by atoms with Crippen molar-refractivity contribution in [2.24, 2.45) is 11.1 Å². The van der Waals surface area contributed by atoms with Gasteiger partial charge in [0.25, 0.3) is 0 Å². The lowest BCUT2D eigenvalue weighted by Gasteiger charge is -2.36. The van der Waals surface area contributed by atoms with E-state index in [9.17, 15) is 9.18 Å². The number of carbonyl (C=O) groups is 1. The highest BCUT2D eigenvalue weighted by molar-refractivity contribution is 6.33. The maximum atomic E-state index is 12.9. The zero-order chi connectivity index (χ0) is 14.1. The second kappa shape index (κ2) is 4.86. The summed E-state index contributed by atoms with van der Waals surface area (Å²) in [6.45, 7) is 7.05. The molecule has 100 valence electrons. The molecule has 0 radical (unpaired) electrons. The lowest BCUT2D eigenvalue weighted by molar-refractivity contribution is -0.126. The fourth-order valence-corrected chi connectivity index (χ4v) is 1.38. The van der Waals surface area contributed by atoms with Crippen molar-refractivity contribution in [1.82, 2.24) is 0 Å². The quantitative estimate of drug-likeness (QED) is 0.888. The molecule has 0 aliphatic heterocycles. The molecule has 1 amide bonds. The highest BCUT2D eigenvalue weighted by Gasteiger charge is 2.40. The smallest absolute Gasteiger partial charge is 0.231 e. The third-order valence-corrected chi connectivity index (χ3v) is 3.67. The van der Waals surface area contributed by atoms with E-state index in [-0.39, 0.29) is 10.9 Å². The summed E-state index contributed by atoms with van der Waals surface area (Å²) >= 11 is 5.85. The maximum Gasteiger partial charge on any atom is 0.231 e. The molecule has 0 aromatic heterocycles. The summed E-state index contributed by atoms with van der Waals surface area (Å²) in [5.74, 6) is -0.708. The summed E-state index contributed by atoms with van der Waals surface area (Å²) in [6.07, 6.45) is 0. The minimum Gasteiger partial charge on any atom is -0.325 e. The van der Waals surface area contributed by atoms with Gasteiger partial charge in [0.2, 0.25) is 5.91 Å². The highest BCUT2D eigenvalue weighted by atomic mass is 35.5. The van der Waals surface area contributed by atoms with Gasteiger partial charge in [0.1, 0.15) is 5.82 Å². The van der Waals surface area contributed by atoms with Crippen molar-refractivity contribution in [2.45, 2.75) is 33.2 Å². The van der Waals surface area contributed by atoms with Crippen LogP contribution in [-0.2, 0) is 4.79 Å². The lowest BCUT2D eigenvalue weighted by Crippen LogP contribution is -2.53. The number of nitrogens with one attached hydrogen (secondary N) is 1. The van der Waals surface area contributed by atoms with Crippen molar-refractivity contribution in [2.75, 3.05) is 5.32 Å². The van der Waals surface area contributed by atoms with Crippen LogP contribution in [0, 0.1) is 11.2 Å². The van der Waals surface area contributed by atoms with Gasteiger partial charge in [-0.25, -0.2) is 4.39 Å². The molecule has 5 heteroatoms. The van der Waals surface area contributed by atoms with Crippen LogP contribution in [0.15, 0.2) is 18.2 Å².